The van der Waals surface area contributed by atoms with Crippen LogP contribution in [0.5, 0.6) is 0 Å². The summed E-state index contributed by atoms with van der Waals surface area (Å²) in [5.41, 5.74) is 0. The van der Waals surface area contributed by atoms with E-state index in [0.717, 1.165) is 11.0 Å². The summed E-state index contributed by atoms with van der Waals surface area (Å²) in [5, 5.41) is 8.48. The normalized spacial score (nSPS) is 13.8. The molecule has 0 aliphatic heterocycles. The van der Waals surface area contributed by atoms with Crippen molar-refractivity contribution >= 4 is 11.6 Å². The summed E-state index contributed by atoms with van der Waals surface area (Å²) in [6, 6.07) is 0. The first kappa shape index (κ1) is 15.0. The highest BCUT2D eigenvalue weighted by Gasteiger charge is 2.16. The fraction of sp³-hybridized carbons (Fsp3) is 1.00. The summed E-state index contributed by atoms with van der Waals surface area (Å²) in [4.78, 5) is 0. The van der Waals surface area contributed by atoms with Gasteiger partial charge in [-0.15, -0.1) is 11.6 Å². The SMILES string of the molecule is C[N+](C)(C)CC(CCl)OCO.[Cl-]. The van der Waals surface area contributed by atoms with Crippen LogP contribution in [0.15, 0.2) is 0 Å². The first-order valence-corrected chi connectivity index (χ1v) is 4.12. The molecule has 12 heavy (non-hydrogen) atoms. The van der Waals surface area contributed by atoms with E-state index in [9.17, 15) is 0 Å². The molecule has 5 heteroatoms. The molecule has 0 aliphatic rings. The van der Waals surface area contributed by atoms with Crippen molar-refractivity contribution in [1.82, 2.24) is 0 Å². The molecule has 0 amide bonds. The second kappa shape index (κ2) is 6.92. The maximum Gasteiger partial charge on any atom is 0.144 e. The predicted molar refractivity (Wildman–Crippen MR) is 45.6 cm³/mol. The number of quaternary nitrogens is 1. The minimum absolute atomic E-state index is 0. The summed E-state index contributed by atoms with van der Waals surface area (Å²) >= 11 is 5.61. The molecule has 1 atom stereocenters. The van der Waals surface area contributed by atoms with Crippen LogP contribution in [0, 0.1) is 0 Å². The molecule has 0 radical (unpaired) electrons. The van der Waals surface area contributed by atoms with Gasteiger partial charge in [-0.25, -0.2) is 0 Å². The molecule has 0 aromatic rings. The van der Waals surface area contributed by atoms with Crippen molar-refractivity contribution in [2.75, 3.05) is 40.4 Å². The number of likely N-dealkylation sites (N-methyl/N-ethyl adjacent to an activating group) is 1. The van der Waals surface area contributed by atoms with Gasteiger partial charge >= 0.3 is 0 Å². The summed E-state index contributed by atoms with van der Waals surface area (Å²) in [5.74, 6) is 0.427. The molecule has 0 fully saturated rings. The summed E-state index contributed by atoms with van der Waals surface area (Å²) in [7, 11) is 6.17. The lowest BCUT2D eigenvalue weighted by atomic mass is 10.3. The minimum atomic E-state index is -0.253. The third-order valence-electron chi connectivity index (χ3n) is 1.23. The Labute approximate surface area is 85.3 Å². The Morgan fingerprint density at radius 2 is 1.92 bits per heavy atom. The Balaban J connectivity index is 0. The van der Waals surface area contributed by atoms with Crippen LogP contribution >= 0.6 is 11.6 Å². The predicted octanol–water partition coefficient (Wildman–Crippen LogP) is -2.73. The van der Waals surface area contributed by atoms with E-state index in [2.05, 4.69) is 21.1 Å². The molecular weight excluding hydrogens is 201 g/mol. The number of hydrogen-bond acceptors (Lipinski definition) is 2. The highest BCUT2D eigenvalue weighted by atomic mass is 35.5. The van der Waals surface area contributed by atoms with Gasteiger partial charge in [-0.2, -0.15) is 0 Å². The smallest absolute Gasteiger partial charge is 0.144 e. The second-order valence-electron chi connectivity index (χ2n) is 3.54. The molecule has 0 bridgehead atoms. The van der Waals surface area contributed by atoms with E-state index in [1.807, 2.05) is 0 Å². The van der Waals surface area contributed by atoms with E-state index in [0.29, 0.717) is 5.88 Å². The van der Waals surface area contributed by atoms with Crippen molar-refractivity contribution < 1.29 is 26.7 Å². The highest BCUT2D eigenvalue weighted by Crippen LogP contribution is 2.01. The molecular formula is C7H17Cl2NO2. The number of halogens is 2. The largest absolute Gasteiger partial charge is 1.00 e. The molecule has 3 nitrogen and oxygen atoms in total. The van der Waals surface area contributed by atoms with Gasteiger partial charge < -0.3 is 26.7 Å². The van der Waals surface area contributed by atoms with Gasteiger partial charge in [0.1, 0.15) is 19.4 Å². The van der Waals surface area contributed by atoms with E-state index >= 15 is 0 Å². The van der Waals surface area contributed by atoms with Crippen molar-refractivity contribution in [1.29, 1.82) is 0 Å². The Morgan fingerprint density at radius 3 is 2.17 bits per heavy atom. The van der Waals surface area contributed by atoms with Gasteiger partial charge in [-0.1, -0.05) is 0 Å². The minimum Gasteiger partial charge on any atom is -1.00 e. The quantitative estimate of drug-likeness (QED) is 0.308. The fourth-order valence-electron chi connectivity index (χ4n) is 0.862. The Hall–Kier alpha value is 0.460. The van der Waals surface area contributed by atoms with Crippen LogP contribution in [0.3, 0.4) is 0 Å². The highest BCUT2D eigenvalue weighted by molar-refractivity contribution is 6.18. The van der Waals surface area contributed by atoms with Gasteiger partial charge in [0.15, 0.2) is 0 Å². The van der Waals surface area contributed by atoms with Crippen molar-refractivity contribution in [3.8, 4) is 0 Å². The number of alkyl halides is 1. The number of hydrogen-bond donors (Lipinski definition) is 1. The molecule has 0 saturated heterocycles. The van der Waals surface area contributed by atoms with Crippen LogP contribution in [0.4, 0.5) is 0 Å². The zero-order chi connectivity index (χ0) is 8.91. The van der Waals surface area contributed by atoms with Crippen molar-refractivity contribution in [2.45, 2.75) is 6.10 Å². The van der Waals surface area contributed by atoms with E-state index in [1.54, 1.807) is 0 Å². The number of nitrogens with zero attached hydrogens (tertiary/aromatic N) is 1. The van der Waals surface area contributed by atoms with Crippen LogP contribution in [0.25, 0.3) is 0 Å². The van der Waals surface area contributed by atoms with Crippen LogP contribution in [0.2, 0.25) is 0 Å². The number of rotatable bonds is 5. The molecule has 0 aromatic heterocycles. The van der Waals surface area contributed by atoms with Crippen molar-refractivity contribution in [2.24, 2.45) is 0 Å². The van der Waals surface area contributed by atoms with Gasteiger partial charge in [-0.3, -0.25) is 0 Å². The number of ether oxygens (including phenoxy) is 1. The van der Waals surface area contributed by atoms with Gasteiger partial charge in [0.2, 0.25) is 0 Å². The van der Waals surface area contributed by atoms with Crippen LogP contribution in [-0.4, -0.2) is 56.1 Å². The van der Waals surface area contributed by atoms with Crippen molar-refractivity contribution in [3.63, 3.8) is 0 Å². The van der Waals surface area contributed by atoms with E-state index in [1.165, 1.54) is 0 Å². The standard InChI is InChI=1S/C7H17ClNO2.ClH/c1-9(2,3)5-7(4-8)11-6-10;/h7,10H,4-6H2,1-3H3;1H/q+1;/p-1. The third-order valence-corrected chi connectivity index (χ3v) is 1.58. The molecule has 1 N–H and O–H groups in total. The van der Waals surface area contributed by atoms with Gasteiger partial charge in [-0.05, 0) is 0 Å². The number of aliphatic hydroxyl groups is 1. The summed E-state index contributed by atoms with van der Waals surface area (Å²) < 4.78 is 5.76. The average Bonchev–Trinajstić information content (AvgIpc) is 1.84. The molecule has 0 aliphatic carbocycles. The molecule has 0 rings (SSSR count). The Bertz CT molecular complexity index is 106. The lowest BCUT2D eigenvalue weighted by molar-refractivity contribution is -0.873. The monoisotopic (exact) mass is 217 g/mol. The Kier molecular flexibility index (Phi) is 8.63. The lowest BCUT2D eigenvalue weighted by Crippen LogP contribution is -3.00. The zero-order valence-corrected chi connectivity index (χ0v) is 9.27. The molecule has 0 aromatic carbocycles. The maximum absolute atomic E-state index is 8.48. The van der Waals surface area contributed by atoms with Gasteiger partial charge in [0.05, 0.1) is 27.0 Å². The Morgan fingerprint density at radius 1 is 1.42 bits per heavy atom. The second-order valence-corrected chi connectivity index (χ2v) is 3.85. The van der Waals surface area contributed by atoms with Crippen LogP contribution < -0.4 is 12.4 Å². The molecule has 0 spiro atoms. The van der Waals surface area contributed by atoms with E-state index < -0.39 is 0 Å². The van der Waals surface area contributed by atoms with E-state index in [4.69, 9.17) is 21.4 Å². The lowest BCUT2D eigenvalue weighted by Gasteiger charge is -2.27. The summed E-state index contributed by atoms with van der Waals surface area (Å²) in [6.45, 7) is 0.557. The maximum atomic E-state index is 8.48. The molecule has 76 valence electrons. The van der Waals surface area contributed by atoms with E-state index in [-0.39, 0.29) is 25.3 Å². The topological polar surface area (TPSA) is 29.5 Å². The first-order chi connectivity index (χ1) is 4.99. The average molecular weight is 218 g/mol. The van der Waals surface area contributed by atoms with Crippen molar-refractivity contribution in [3.05, 3.63) is 0 Å². The van der Waals surface area contributed by atoms with Crippen LogP contribution in [-0.2, 0) is 4.74 Å². The van der Waals surface area contributed by atoms with Crippen LogP contribution in [0.1, 0.15) is 0 Å². The molecule has 1 unspecified atom stereocenters. The van der Waals surface area contributed by atoms with Gasteiger partial charge in [0.25, 0.3) is 0 Å². The zero-order valence-electron chi connectivity index (χ0n) is 7.76. The fourth-order valence-corrected chi connectivity index (χ4v) is 1.05. The third kappa shape index (κ3) is 8.56. The molecule has 0 saturated carbocycles. The first-order valence-electron chi connectivity index (χ1n) is 3.58. The summed E-state index contributed by atoms with van der Waals surface area (Å²) in [6.07, 6.45) is -0.0540. The molecule has 0 heterocycles. The number of aliphatic hydroxyl groups excluding tert-OH is 1. The van der Waals surface area contributed by atoms with Gasteiger partial charge in [0, 0.05) is 0 Å².